The van der Waals surface area contributed by atoms with E-state index in [-0.39, 0.29) is 11.9 Å². The first-order valence-electron chi connectivity index (χ1n) is 5.91. The third kappa shape index (κ3) is 3.41. The van der Waals surface area contributed by atoms with E-state index in [0.29, 0.717) is 24.1 Å². The lowest BCUT2D eigenvalue weighted by Crippen LogP contribution is -2.47. The van der Waals surface area contributed by atoms with Gasteiger partial charge in [-0.15, -0.1) is 0 Å². The maximum Gasteiger partial charge on any atom is 0.242 e. The third-order valence-electron chi connectivity index (χ3n) is 2.95. The van der Waals surface area contributed by atoms with Gasteiger partial charge in [0, 0.05) is 19.3 Å². The molecule has 0 spiro atoms. The molecule has 1 aliphatic rings. The predicted octanol–water partition coefficient (Wildman–Crippen LogP) is 1.39. The van der Waals surface area contributed by atoms with E-state index in [4.69, 9.17) is 16.3 Å². The molecule has 2 heterocycles. The average molecular weight is 270 g/mol. The zero-order chi connectivity index (χ0) is 13.0. The summed E-state index contributed by atoms with van der Waals surface area (Å²) < 4.78 is 5.26. The first-order chi connectivity index (χ1) is 8.66. The summed E-state index contributed by atoms with van der Waals surface area (Å²) >= 11 is 5.74. The van der Waals surface area contributed by atoms with Gasteiger partial charge in [0.1, 0.15) is 5.82 Å². The van der Waals surface area contributed by atoms with Crippen LogP contribution in [0.5, 0.6) is 0 Å². The minimum absolute atomic E-state index is 0.0632. The molecule has 1 unspecified atom stereocenters. The molecule has 0 aromatic carbocycles. The fourth-order valence-corrected chi connectivity index (χ4v) is 1.92. The number of rotatable bonds is 3. The summed E-state index contributed by atoms with van der Waals surface area (Å²) in [6.07, 6.45) is 1.51. The number of carbonyl (C=O) groups excluding carboxylic acids is 1. The molecule has 0 aliphatic carbocycles. The van der Waals surface area contributed by atoms with Crippen LogP contribution < -0.4 is 5.32 Å². The monoisotopic (exact) mass is 269 g/mol. The van der Waals surface area contributed by atoms with Gasteiger partial charge < -0.3 is 10.1 Å². The van der Waals surface area contributed by atoms with E-state index < -0.39 is 0 Å². The fourth-order valence-electron chi connectivity index (χ4n) is 1.81. The van der Waals surface area contributed by atoms with Crippen LogP contribution in [0.3, 0.4) is 0 Å². The maximum atomic E-state index is 12.0. The van der Waals surface area contributed by atoms with E-state index in [2.05, 4.69) is 15.2 Å². The normalized spacial score (nSPS) is 18.3. The summed E-state index contributed by atoms with van der Waals surface area (Å²) in [5, 5.41) is 3.33. The number of anilines is 1. The Morgan fingerprint density at radius 1 is 1.50 bits per heavy atom. The number of ether oxygens (including phenoxy) is 1. The highest BCUT2D eigenvalue weighted by Gasteiger charge is 2.23. The highest BCUT2D eigenvalue weighted by atomic mass is 35.5. The Balaban J connectivity index is 1.92. The van der Waals surface area contributed by atoms with Crippen LogP contribution in [0.1, 0.15) is 6.92 Å². The van der Waals surface area contributed by atoms with Crippen molar-refractivity contribution in [2.45, 2.75) is 13.0 Å². The van der Waals surface area contributed by atoms with Gasteiger partial charge in [0.05, 0.1) is 24.3 Å². The molecule has 5 nitrogen and oxygen atoms in total. The molecular weight excluding hydrogens is 254 g/mol. The van der Waals surface area contributed by atoms with Crippen molar-refractivity contribution in [3.63, 3.8) is 0 Å². The van der Waals surface area contributed by atoms with Crippen molar-refractivity contribution in [1.82, 2.24) is 9.88 Å². The number of amides is 1. The molecule has 0 radical (unpaired) electrons. The lowest BCUT2D eigenvalue weighted by molar-refractivity contribution is -0.122. The van der Waals surface area contributed by atoms with E-state index in [1.807, 2.05) is 6.92 Å². The van der Waals surface area contributed by atoms with Crippen molar-refractivity contribution >= 4 is 23.3 Å². The highest BCUT2D eigenvalue weighted by Crippen LogP contribution is 2.11. The van der Waals surface area contributed by atoms with E-state index in [1.54, 1.807) is 12.1 Å². The molecule has 2 rings (SSSR count). The van der Waals surface area contributed by atoms with Crippen molar-refractivity contribution in [1.29, 1.82) is 0 Å². The Morgan fingerprint density at radius 2 is 2.22 bits per heavy atom. The summed E-state index contributed by atoms with van der Waals surface area (Å²) in [6.45, 7) is 4.80. The molecule has 6 heteroatoms. The van der Waals surface area contributed by atoms with Gasteiger partial charge in [-0.3, -0.25) is 9.69 Å². The van der Waals surface area contributed by atoms with Crippen LogP contribution in [0, 0.1) is 0 Å². The number of morpholine rings is 1. The number of hydrogen-bond donors (Lipinski definition) is 1. The molecule has 18 heavy (non-hydrogen) atoms. The first kappa shape index (κ1) is 13.3. The number of carbonyl (C=O) groups is 1. The molecule has 0 saturated carbocycles. The molecule has 98 valence electrons. The Morgan fingerprint density at radius 3 is 2.83 bits per heavy atom. The van der Waals surface area contributed by atoms with Gasteiger partial charge in [-0.1, -0.05) is 11.6 Å². The van der Waals surface area contributed by atoms with Gasteiger partial charge in [-0.05, 0) is 19.1 Å². The molecular formula is C12H16ClN3O2. The van der Waals surface area contributed by atoms with Crippen LogP contribution in [-0.4, -0.2) is 48.1 Å². The molecule has 1 amide bonds. The van der Waals surface area contributed by atoms with Gasteiger partial charge in [-0.25, -0.2) is 4.98 Å². The zero-order valence-corrected chi connectivity index (χ0v) is 11.0. The van der Waals surface area contributed by atoms with Crippen LogP contribution in [0.4, 0.5) is 5.82 Å². The topological polar surface area (TPSA) is 54.5 Å². The Kier molecular flexibility index (Phi) is 4.52. The van der Waals surface area contributed by atoms with Gasteiger partial charge in [0.25, 0.3) is 0 Å². The molecule has 0 bridgehead atoms. The molecule has 1 aliphatic heterocycles. The minimum atomic E-state index is -0.189. The SMILES string of the molecule is CC(C(=O)Nc1ccc(Cl)cn1)N1CCOCC1. The smallest absolute Gasteiger partial charge is 0.242 e. The molecule has 1 fully saturated rings. The van der Waals surface area contributed by atoms with Crippen molar-refractivity contribution in [3.8, 4) is 0 Å². The fraction of sp³-hybridized carbons (Fsp3) is 0.500. The number of hydrogen-bond acceptors (Lipinski definition) is 4. The lowest BCUT2D eigenvalue weighted by Gasteiger charge is -2.31. The zero-order valence-electron chi connectivity index (χ0n) is 10.2. The van der Waals surface area contributed by atoms with E-state index in [9.17, 15) is 4.79 Å². The van der Waals surface area contributed by atoms with Crippen molar-refractivity contribution in [2.75, 3.05) is 31.6 Å². The summed E-state index contributed by atoms with van der Waals surface area (Å²) in [6, 6.07) is 3.20. The van der Waals surface area contributed by atoms with Crippen molar-refractivity contribution < 1.29 is 9.53 Å². The highest BCUT2D eigenvalue weighted by molar-refractivity contribution is 6.30. The minimum Gasteiger partial charge on any atom is -0.379 e. The first-order valence-corrected chi connectivity index (χ1v) is 6.29. The molecule has 1 N–H and O–H groups in total. The molecule has 1 saturated heterocycles. The van der Waals surface area contributed by atoms with E-state index >= 15 is 0 Å². The second-order valence-corrected chi connectivity index (χ2v) is 4.61. The number of pyridine rings is 1. The number of nitrogens with zero attached hydrogens (tertiary/aromatic N) is 2. The summed E-state index contributed by atoms with van der Waals surface area (Å²) in [7, 11) is 0. The maximum absolute atomic E-state index is 12.0. The molecule has 1 atom stereocenters. The average Bonchev–Trinajstić information content (AvgIpc) is 2.41. The Labute approximate surface area is 111 Å². The number of aromatic nitrogens is 1. The van der Waals surface area contributed by atoms with Crippen molar-refractivity contribution in [3.05, 3.63) is 23.4 Å². The summed E-state index contributed by atoms with van der Waals surface area (Å²) in [4.78, 5) is 18.2. The van der Waals surface area contributed by atoms with Crippen LogP contribution in [0.25, 0.3) is 0 Å². The Hall–Kier alpha value is -1.17. The Bertz CT molecular complexity index is 404. The van der Waals surface area contributed by atoms with Crippen molar-refractivity contribution in [2.24, 2.45) is 0 Å². The van der Waals surface area contributed by atoms with E-state index in [0.717, 1.165) is 13.1 Å². The van der Waals surface area contributed by atoms with E-state index in [1.165, 1.54) is 6.20 Å². The number of nitrogens with one attached hydrogen (secondary N) is 1. The summed E-state index contributed by atoms with van der Waals surface area (Å²) in [5.74, 6) is 0.455. The lowest BCUT2D eigenvalue weighted by atomic mass is 10.2. The van der Waals surface area contributed by atoms with Gasteiger partial charge in [0.2, 0.25) is 5.91 Å². The molecule has 1 aromatic rings. The summed E-state index contributed by atoms with van der Waals surface area (Å²) in [5.41, 5.74) is 0. The molecule has 1 aromatic heterocycles. The van der Waals surface area contributed by atoms with Crippen LogP contribution in [-0.2, 0) is 9.53 Å². The van der Waals surface area contributed by atoms with Crippen LogP contribution in [0.2, 0.25) is 5.02 Å². The number of halogens is 1. The van der Waals surface area contributed by atoms with Gasteiger partial charge >= 0.3 is 0 Å². The van der Waals surface area contributed by atoms with Gasteiger partial charge in [0.15, 0.2) is 0 Å². The van der Waals surface area contributed by atoms with Crippen LogP contribution in [0.15, 0.2) is 18.3 Å². The standard InChI is InChI=1S/C12H16ClN3O2/c1-9(16-4-6-18-7-5-16)12(17)15-11-3-2-10(13)8-14-11/h2-3,8-9H,4-7H2,1H3,(H,14,15,17). The van der Waals surface area contributed by atoms with Crippen LogP contribution >= 0.6 is 11.6 Å². The second kappa shape index (κ2) is 6.13. The predicted molar refractivity (Wildman–Crippen MR) is 69.7 cm³/mol. The van der Waals surface area contributed by atoms with Gasteiger partial charge in [-0.2, -0.15) is 0 Å². The largest absolute Gasteiger partial charge is 0.379 e. The second-order valence-electron chi connectivity index (χ2n) is 4.18. The third-order valence-corrected chi connectivity index (χ3v) is 3.18. The quantitative estimate of drug-likeness (QED) is 0.901.